The van der Waals surface area contributed by atoms with Gasteiger partial charge in [0.1, 0.15) is 0 Å². The Hall–Kier alpha value is -2.14. The lowest BCUT2D eigenvalue weighted by Crippen LogP contribution is -2.16. The predicted octanol–water partition coefficient (Wildman–Crippen LogP) is 3.24. The molecule has 0 atom stereocenters. The molecule has 5 heteroatoms. The second-order valence-corrected chi connectivity index (χ2v) is 5.82. The summed E-state index contributed by atoms with van der Waals surface area (Å²) in [4.78, 5) is 17.4. The SMILES string of the molecule is CCc1ccc(NCc2cc(=O)n3c(C)csc3n2)cc1. The summed E-state index contributed by atoms with van der Waals surface area (Å²) in [6.07, 6.45) is 1.03. The first kappa shape index (κ1) is 13.8. The number of thiazole rings is 1. The number of anilines is 1. The Morgan fingerprint density at radius 2 is 2.05 bits per heavy atom. The molecule has 0 bridgehead atoms. The third-order valence-corrected chi connectivity index (χ3v) is 4.41. The number of nitrogens with zero attached hydrogens (tertiary/aromatic N) is 2. The van der Waals surface area contributed by atoms with E-state index >= 15 is 0 Å². The lowest BCUT2D eigenvalue weighted by Gasteiger charge is -2.07. The summed E-state index contributed by atoms with van der Waals surface area (Å²) in [5, 5.41) is 5.25. The predicted molar refractivity (Wildman–Crippen MR) is 87.2 cm³/mol. The second-order valence-electron chi connectivity index (χ2n) is 4.98. The molecule has 0 amide bonds. The summed E-state index contributed by atoms with van der Waals surface area (Å²) in [5.41, 5.74) is 4.03. The van der Waals surface area contributed by atoms with E-state index in [9.17, 15) is 4.79 Å². The summed E-state index contributed by atoms with van der Waals surface area (Å²) < 4.78 is 1.64. The first-order valence-electron chi connectivity index (χ1n) is 6.97. The highest BCUT2D eigenvalue weighted by Gasteiger charge is 2.06. The van der Waals surface area contributed by atoms with Crippen molar-refractivity contribution >= 4 is 22.0 Å². The van der Waals surface area contributed by atoms with Gasteiger partial charge in [-0.3, -0.25) is 9.20 Å². The van der Waals surface area contributed by atoms with Gasteiger partial charge in [0.25, 0.3) is 5.56 Å². The summed E-state index contributed by atoms with van der Waals surface area (Å²) in [6.45, 7) is 4.60. The molecule has 0 saturated heterocycles. The first-order chi connectivity index (χ1) is 10.2. The molecule has 0 spiro atoms. The van der Waals surface area contributed by atoms with Crippen LogP contribution in [0.3, 0.4) is 0 Å². The number of fused-ring (bicyclic) bond motifs is 1. The van der Waals surface area contributed by atoms with Gasteiger partial charge in [0, 0.05) is 22.8 Å². The van der Waals surface area contributed by atoms with Crippen LogP contribution in [-0.4, -0.2) is 9.38 Å². The van der Waals surface area contributed by atoms with E-state index in [2.05, 4.69) is 41.5 Å². The molecule has 0 aliphatic rings. The van der Waals surface area contributed by atoms with Gasteiger partial charge in [-0.05, 0) is 31.0 Å². The minimum absolute atomic E-state index is 0.0168. The average molecular weight is 299 g/mol. The minimum atomic E-state index is -0.0168. The van der Waals surface area contributed by atoms with Crippen LogP contribution in [0.2, 0.25) is 0 Å². The Labute approximate surface area is 127 Å². The number of hydrogen-bond acceptors (Lipinski definition) is 4. The van der Waals surface area contributed by atoms with Crippen molar-refractivity contribution in [2.75, 3.05) is 5.32 Å². The van der Waals surface area contributed by atoms with E-state index in [0.717, 1.165) is 28.5 Å². The molecule has 4 nitrogen and oxygen atoms in total. The maximum atomic E-state index is 12.1. The smallest absolute Gasteiger partial charge is 0.259 e. The van der Waals surface area contributed by atoms with Gasteiger partial charge in [0.05, 0.1) is 12.2 Å². The van der Waals surface area contributed by atoms with Crippen molar-refractivity contribution in [1.82, 2.24) is 9.38 Å². The van der Waals surface area contributed by atoms with Gasteiger partial charge in [-0.1, -0.05) is 19.1 Å². The first-order valence-corrected chi connectivity index (χ1v) is 7.85. The molecule has 0 saturated carbocycles. The molecule has 0 radical (unpaired) electrons. The molecule has 3 aromatic rings. The van der Waals surface area contributed by atoms with Crippen LogP contribution in [0.1, 0.15) is 23.9 Å². The van der Waals surface area contributed by atoms with Crippen molar-refractivity contribution in [1.29, 1.82) is 0 Å². The maximum absolute atomic E-state index is 12.1. The normalized spacial score (nSPS) is 11.0. The van der Waals surface area contributed by atoms with Crippen LogP contribution in [-0.2, 0) is 13.0 Å². The lowest BCUT2D eigenvalue weighted by atomic mass is 10.1. The summed E-state index contributed by atoms with van der Waals surface area (Å²) in [5.74, 6) is 0. The van der Waals surface area contributed by atoms with Gasteiger partial charge < -0.3 is 5.32 Å². The highest BCUT2D eigenvalue weighted by atomic mass is 32.1. The Morgan fingerprint density at radius 1 is 1.29 bits per heavy atom. The van der Waals surface area contributed by atoms with E-state index in [1.807, 2.05) is 12.3 Å². The monoisotopic (exact) mass is 299 g/mol. The van der Waals surface area contributed by atoms with Gasteiger partial charge >= 0.3 is 0 Å². The highest BCUT2D eigenvalue weighted by molar-refractivity contribution is 7.15. The van der Waals surface area contributed by atoms with Crippen LogP contribution in [0, 0.1) is 6.92 Å². The largest absolute Gasteiger partial charge is 0.379 e. The third kappa shape index (κ3) is 2.83. The van der Waals surface area contributed by atoms with Crippen LogP contribution in [0.4, 0.5) is 5.69 Å². The highest BCUT2D eigenvalue weighted by Crippen LogP contribution is 2.13. The van der Waals surface area contributed by atoms with Crippen molar-refractivity contribution < 1.29 is 0 Å². The molecule has 0 fully saturated rings. The zero-order valence-corrected chi connectivity index (χ0v) is 12.9. The standard InChI is InChI=1S/C16H17N3OS/c1-3-12-4-6-13(7-5-12)17-9-14-8-15(20)19-11(2)10-21-16(19)18-14/h4-8,10,17H,3,9H2,1-2H3. The molecule has 0 unspecified atom stereocenters. The molecule has 2 aromatic heterocycles. The van der Waals surface area contributed by atoms with E-state index in [0.29, 0.717) is 6.54 Å². The van der Waals surface area contributed by atoms with Gasteiger partial charge in [-0.25, -0.2) is 4.98 Å². The lowest BCUT2D eigenvalue weighted by molar-refractivity contribution is 0.965. The third-order valence-electron chi connectivity index (χ3n) is 3.46. The molecule has 108 valence electrons. The molecule has 0 aliphatic heterocycles. The van der Waals surface area contributed by atoms with Crippen LogP contribution in [0.25, 0.3) is 4.96 Å². The van der Waals surface area contributed by atoms with Gasteiger partial charge in [-0.2, -0.15) is 0 Å². The minimum Gasteiger partial charge on any atom is -0.379 e. The molecule has 3 rings (SSSR count). The van der Waals surface area contributed by atoms with Crippen LogP contribution < -0.4 is 10.9 Å². The Kier molecular flexibility index (Phi) is 3.75. The fourth-order valence-electron chi connectivity index (χ4n) is 2.24. The molecule has 1 N–H and O–H groups in total. The van der Waals surface area contributed by atoms with Crippen molar-refractivity contribution in [2.45, 2.75) is 26.8 Å². The number of benzene rings is 1. The van der Waals surface area contributed by atoms with Gasteiger partial charge in [0.15, 0.2) is 4.96 Å². The summed E-state index contributed by atoms with van der Waals surface area (Å²) in [7, 11) is 0. The summed E-state index contributed by atoms with van der Waals surface area (Å²) in [6, 6.07) is 9.92. The van der Waals surface area contributed by atoms with E-state index in [-0.39, 0.29) is 5.56 Å². The van der Waals surface area contributed by atoms with E-state index < -0.39 is 0 Å². The fraction of sp³-hybridized carbons (Fsp3) is 0.250. The zero-order chi connectivity index (χ0) is 14.8. The molecule has 1 aromatic carbocycles. The molecule has 21 heavy (non-hydrogen) atoms. The van der Waals surface area contributed by atoms with Gasteiger partial charge in [-0.15, -0.1) is 11.3 Å². The second kappa shape index (κ2) is 5.69. The fourth-order valence-corrected chi connectivity index (χ4v) is 3.13. The number of aromatic nitrogens is 2. The molecule has 0 aliphatic carbocycles. The average Bonchev–Trinajstić information content (AvgIpc) is 2.87. The molecular weight excluding hydrogens is 282 g/mol. The van der Waals surface area contributed by atoms with Crippen molar-refractivity contribution in [3.63, 3.8) is 0 Å². The topological polar surface area (TPSA) is 46.4 Å². The Balaban J connectivity index is 1.80. The molecular formula is C16H17N3OS. The van der Waals surface area contributed by atoms with E-state index in [1.54, 1.807) is 10.5 Å². The number of rotatable bonds is 4. The van der Waals surface area contributed by atoms with Crippen molar-refractivity contribution in [2.24, 2.45) is 0 Å². The van der Waals surface area contributed by atoms with Crippen LogP contribution in [0.5, 0.6) is 0 Å². The Morgan fingerprint density at radius 3 is 2.76 bits per heavy atom. The number of hydrogen-bond donors (Lipinski definition) is 1. The summed E-state index contributed by atoms with van der Waals surface area (Å²) >= 11 is 1.49. The van der Waals surface area contributed by atoms with Gasteiger partial charge in [0.2, 0.25) is 0 Å². The van der Waals surface area contributed by atoms with E-state index in [1.165, 1.54) is 16.9 Å². The van der Waals surface area contributed by atoms with E-state index in [4.69, 9.17) is 0 Å². The van der Waals surface area contributed by atoms with Crippen molar-refractivity contribution in [3.8, 4) is 0 Å². The number of aryl methyl sites for hydroxylation is 2. The maximum Gasteiger partial charge on any atom is 0.259 e. The number of nitrogens with one attached hydrogen (secondary N) is 1. The Bertz CT molecular complexity index is 818. The molecule has 2 heterocycles. The van der Waals surface area contributed by atoms with Crippen LogP contribution >= 0.6 is 11.3 Å². The van der Waals surface area contributed by atoms with Crippen LogP contribution in [0.15, 0.2) is 40.5 Å². The quantitative estimate of drug-likeness (QED) is 0.804. The zero-order valence-electron chi connectivity index (χ0n) is 12.1. The van der Waals surface area contributed by atoms with Crippen molar-refractivity contribution in [3.05, 3.63) is 63.0 Å².